The summed E-state index contributed by atoms with van der Waals surface area (Å²) >= 11 is 12.9. The molecule has 0 unspecified atom stereocenters. The Balaban J connectivity index is 2.13. The van der Waals surface area contributed by atoms with E-state index in [2.05, 4.69) is 16.9 Å². The van der Waals surface area contributed by atoms with Crippen LogP contribution in [0.2, 0.25) is 5.02 Å². The number of H-pyrrole nitrogens is 1. The summed E-state index contributed by atoms with van der Waals surface area (Å²) in [7, 11) is 0. The minimum atomic E-state index is 0.639. The molecule has 2 rings (SSSR count). The van der Waals surface area contributed by atoms with Gasteiger partial charge >= 0.3 is 0 Å². The Bertz CT molecular complexity index is 596. The highest BCUT2D eigenvalue weighted by Crippen LogP contribution is 2.28. The highest BCUT2D eigenvalue weighted by atomic mass is 35.5. The lowest BCUT2D eigenvalue weighted by molar-refractivity contribution is 0.933. The van der Waals surface area contributed by atoms with Gasteiger partial charge in [0.25, 0.3) is 0 Å². The third-order valence-electron chi connectivity index (χ3n) is 2.43. The zero-order chi connectivity index (χ0) is 13.0. The summed E-state index contributed by atoms with van der Waals surface area (Å²) in [6.07, 6.45) is 0.927. The van der Waals surface area contributed by atoms with Crippen LogP contribution in [-0.4, -0.2) is 9.97 Å². The summed E-state index contributed by atoms with van der Waals surface area (Å²) in [6.45, 7) is 2.09. The Morgan fingerprint density at radius 2 is 2.17 bits per heavy atom. The van der Waals surface area contributed by atoms with Gasteiger partial charge in [0.1, 0.15) is 10.5 Å². The molecule has 1 heterocycles. The predicted octanol–water partition coefficient (Wildman–Crippen LogP) is 4.65. The van der Waals surface area contributed by atoms with Crippen molar-refractivity contribution in [2.45, 2.75) is 24.0 Å². The summed E-state index contributed by atoms with van der Waals surface area (Å²) in [5.74, 6) is 1.63. The van der Waals surface area contributed by atoms with Crippen molar-refractivity contribution < 1.29 is 0 Å². The third-order valence-corrected chi connectivity index (χ3v) is 4.17. The smallest absolute Gasteiger partial charge is 0.130 e. The molecule has 2 aromatic rings. The first kappa shape index (κ1) is 13.6. The van der Waals surface area contributed by atoms with Crippen molar-refractivity contribution in [2.24, 2.45) is 0 Å². The SMILES string of the molecule is CCc1cc(=S)nc(CSc2ccccc2Cl)[nH]1. The maximum Gasteiger partial charge on any atom is 0.130 e. The van der Waals surface area contributed by atoms with E-state index in [0.29, 0.717) is 4.64 Å². The van der Waals surface area contributed by atoms with Gasteiger partial charge in [-0.3, -0.25) is 0 Å². The molecule has 5 heteroatoms. The molecule has 0 saturated heterocycles. The molecule has 1 aromatic carbocycles. The lowest BCUT2D eigenvalue weighted by atomic mass is 10.3. The van der Waals surface area contributed by atoms with Crippen LogP contribution in [-0.2, 0) is 12.2 Å². The van der Waals surface area contributed by atoms with E-state index < -0.39 is 0 Å². The molecule has 1 aromatic heterocycles. The average Bonchev–Trinajstić information content (AvgIpc) is 2.37. The number of aryl methyl sites for hydroxylation is 1. The first-order valence-corrected chi connectivity index (χ1v) is 7.42. The molecule has 0 bridgehead atoms. The Morgan fingerprint density at radius 3 is 2.89 bits per heavy atom. The minimum absolute atomic E-state index is 0.639. The first-order valence-electron chi connectivity index (χ1n) is 5.65. The number of nitrogens with one attached hydrogen (secondary N) is 1. The Morgan fingerprint density at radius 1 is 1.39 bits per heavy atom. The highest BCUT2D eigenvalue weighted by molar-refractivity contribution is 7.98. The van der Waals surface area contributed by atoms with E-state index in [9.17, 15) is 0 Å². The molecular formula is C13H13ClN2S2. The number of aromatic amines is 1. The van der Waals surface area contributed by atoms with E-state index >= 15 is 0 Å². The van der Waals surface area contributed by atoms with Crippen molar-refractivity contribution in [1.82, 2.24) is 9.97 Å². The van der Waals surface area contributed by atoms with Crippen LogP contribution in [0.1, 0.15) is 18.4 Å². The van der Waals surface area contributed by atoms with E-state index in [-0.39, 0.29) is 0 Å². The van der Waals surface area contributed by atoms with Crippen molar-refractivity contribution in [2.75, 3.05) is 0 Å². The van der Waals surface area contributed by atoms with Crippen LogP contribution >= 0.6 is 35.6 Å². The molecule has 0 aliphatic heterocycles. The quantitative estimate of drug-likeness (QED) is 0.658. The number of rotatable bonds is 4. The van der Waals surface area contributed by atoms with Gasteiger partial charge in [0.2, 0.25) is 0 Å². The van der Waals surface area contributed by atoms with Gasteiger partial charge in [0, 0.05) is 10.6 Å². The molecule has 0 aliphatic rings. The number of nitrogens with zero attached hydrogens (tertiary/aromatic N) is 1. The molecule has 0 amide bonds. The van der Waals surface area contributed by atoms with Crippen molar-refractivity contribution in [1.29, 1.82) is 0 Å². The van der Waals surface area contributed by atoms with Crippen LogP contribution in [0.4, 0.5) is 0 Å². The fraction of sp³-hybridized carbons (Fsp3) is 0.231. The van der Waals surface area contributed by atoms with E-state index in [1.54, 1.807) is 11.8 Å². The van der Waals surface area contributed by atoms with Crippen LogP contribution in [0.3, 0.4) is 0 Å². The van der Waals surface area contributed by atoms with Gasteiger partial charge in [-0.1, -0.05) is 42.9 Å². The van der Waals surface area contributed by atoms with Crippen molar-refractivity contribution >= 4 is 35.6 Å². The number of benzene rings is 1. The zero-order valence-corrected chi connectivity index (χ0v) is 12.3. The van der Waals surface area contributed by atoms with E-state index in [0.717, 1.165) is 33.6 Å². The molecule has 0 aliphatic carbocycles. The van der Waals surface area contributed by atoms with Crippen molar-refractivity contribution in [3.63, 3.8) is 0 Å². The van der Waals surface area contributed by atoms with Crippen LogP contribution in [0.15, 0.2) is 35.2 Å². The molecule has 2 nitrogen and oxygen atoms in total. The summed E-state index contributed by atoms with van der Waals surface area (Å²) in [5.41, 5.74) is 1.12. The Hall–Kier alpha value is -0.840. The van der Waals surface area contributed by atoms with Crippen LogP contribution in [0, 0.1) is 4.64 Å². The van der Waals surface area contributed by atoms with Crippen molar-refractivity contribution in [3.8, 4) is 0 Å². The molecule has 0 fully saturated rings. The molecule has 94 valence electrons. The van der Waals surface area contributed by atoms with Gasteiger partial charge in [0.15, 0.2) is 0 Å². The summed E-state index contributed by atoms with van der Waals surface area (Å²) in [4.78, 5) is 8.66. The number of thioether (sulfide) groups is 1. The van der Waals surface area contributed by atoms with Crippen LogP contribution in [0.25, 0.3) is 0 Å². The predicted molar refractivity (Wildman–Crippen MR) is 79.8 cm³/mol. The molecule has 0 saturated carbocycles. The topological polar surface area (TPSA) is 28.7 Å². The second-order valence-electron chi connectivity index (χ2n) is 3.76. The van der Waals surface area contributed by atoms with Gasteiger partial charge in [-0.25, -0.2) is 4.98 Å². The molecule has 0 radical (unpaired) electrons. The van der Waals surface area contributed by atoms with E-state index in [1.807, 2.05) is 30.3 Å². The average molecular weight is 297 g/mol. The standard InChI is InChI=1S/C13H13ClN2S2/c1-2-9-7-13(17)16-12(15-9)8-18-11-6-4-3-5-10(11)14/h3-7H,2,8H2,1H3,(H,15,16,17). The maximum atomic E-state index is 6.11. The number of hydrogen-bond donors (Lipinski definition) is 1. The molecule has 1 N–H and O–H groups in total. The molecular weight excluding hydrogens is 284 g/mol. The van der Waals surface area contributed by atoms with Gasteiger partial charge < -0.3 is 4.98 Å². The number of hydrogen-bond acceptors (Lipinski definition) is 3. The Labute approximate surface area is 121 Å². The van der Waals surface area contributed by atoms with Gasteiger partial charge in [-0.15, -0.1) is 11.8 Å². The second kappa shape index (κ2) is 6.36. The van der Waals surface area contributed by atoms with Crippen LogP contribution in [0.5, 0.6) is 0 Å². The monoisotopic (exact) mass is 296 g/mol. The number of halogens is 1. The fourth-order valence-corrected chi connectivity index (χ4v) is 2.89. The number of aromatic nitrogens is 2. The normalized spacial score (nSPS) is 10.6. The maximum absolute atomic E-state index is 6.11. The first-order chi connectivity index (χ1) is 8.69. The molecule has 0 atom stereocenters. The van der Waals surface area contributed by atoms with Crippen molar-refractivity contribution in [3.05, 3.63) is 51.5 Å². The summed E-state index contributed by atoms with van der Waals surface area (Å²) < 4.78 is 0.639. The minimum Gasteiger partial charge on any atom is -0.346 e. The summed E-state index contributed by atoms with van der Waals surface area (Å²) in [5, 5.41) is 0.771. The van der Waals surface area contributed by atoms with E-state index in [4.69, 9.17) is 23.8 Å². The fourth-order valence-electron chi connectivity index (χ4n) is 1.53. The summed E-state index contributed by atoms with van der Waals surface area (Å²) in [6, 6.07) is 9.70. The lowest BCUT2D eigenvalue weighted by Crippen LogP contribution is -1.97. The largest absolute Gasteiger partial charge is 0.346 e. The van der Waals surface area contributed by atoms with Gasteiger partial charge in [0.05, 0.1) is 10.8 Å². The molecule has 0 spiro atoms. The van der Waals surface area contributed by atoms with E-state index in [1.165, 1.54) is 0 Å². The highest BCUT2D eigenvalue weighted by Gasteiger charge is 2.03. The zero-order valence-electron chi connectivity index (χ0n) is 9.94. The third kappa shape index (κ3) is 3.57. The van der Waals surface area contributed by atoms with Gasteiger partial charge in [-0.2, -0.15) is 0 Å². The lowest BCUT2D eigenvalue weighted by Gasteiger charge is -2.05. The van der Waals surface area contributed by atoms with Crippen LogP contribution < -0.4 is 0 Å². The second-order valence-corrected chi connectivity index (χ2v) is 5.61. The molecule has 18 heavy (non-hydrogen) atoms. The Kier molecular flexibility index (Phi) is 4.80. The van der Waals surface area contributed by atoms with Gasteiger partial charge in [-0.05, 0) is 24.6 Å².